The summed E-state index contributed by atoms with van der Waals surface area (Å²) in [4.78, 5) is 39.0. The van der Waals surface area contributed by atoms with E-state index in [0.29, 0.717) is 38.8 Å². The zero-order chi connectivity index (χ0) is 39.8. The summed E-state index contributed by atoms with van der Waals surface area (Å²) in [5.41, 5.74) is -0.606. The molecule has 7 nitrogen and oxygen atoms in total. The summed E-state index contributed by atoms with van der Waals surface area (Å²) in [6, 6.07) is 0. The van der Waals surface area contributed by atoms with Gasteiger partial charge in [0.25, 0.3) is 0 Å². The largest absolute Gasteiger partial charge is 0.466 e. The number of nitrogens with zero attached hydrogens (tertiary/aromatic N) is 1. The van der Waals surface area contributed by atoms with Crippen LogP contribution in [-0.2, 0) is 23.8 Å². The molecule has 0 unspecified atom stereocenters. The molecule has 0 bridgehead atoms. The highest BCUT2D eigenvalue weighted by molar-refractivity contribution is 5.70. The van der Waals surface area contributed by atoms with Crippen molar-refractivity contribution in [1.29, 1.82) is 0 Å². The number of allylic oxidation sites excluding steroid dienone is 2. The Labute approximate surface area is 334 Å². The molecule has 0 aliphatic carbocycles. The van der Waals surface area contributed by atoms with Crippen molar-refractivity contribution >= 4 is 18.0 Å². The minimum atomic E-state index is -0.606. The predicted molar refractivity (Wildman–Crippen MR) is 228 cm³/mol. The van der Waals surface area contributed by atoms with E-state index < -0.39 is 11.7 Å². The number of carbonyl (C=O) groups excluding carboxylic acids is 3. The standard InChI is InChI=1S/C47H89NO6/c1-6-8-10-12-14-16-18-20-22-24-26-28-30-32-34-38-44(49)52-42-36-40-48(46(51)54-47(3,4)5)41-37-43-53-45(50)39-35-33-31-29-27-25-23-21-19-17-15-13-11-9-7-2/h20,22H,6-19,21,23-43H2,1-5H3/b22-20-. The molecule has 0 aromatic carbocycles. The average molecular weight is 764 g/mol. The van der Waals surface area contributed by atoms with Crippen molar-refractivity contribution in [3.63, 3.8) is 0 Å². The van der Waals surface area contributed by atoms with E-state index >= 15 is 0 Å². The van der Waals surface area contributed by atoms with Crippen LogP contribution in [0, 0.1) is 0 Å². The number of carbonyl (C=O) groups is 3. The molecule has 0 saturated carbocycles. The van der Waals surface area contributed by atoms with Crippen molar-refractivity contribution in [2.24, 2.45) is 0 Å². The van der Waals surface area contributed by atoms with Crippen molar-refractivity contribution in [1.82, 2.24) is 4.90 Å². The molecule has 0 aromatic heterocycles. The number of amides is 1. The maximum atomic E-state index is 12.8. The lowest BCUT2D eigenvalue weighted by molar-refractivity contribution is -0.144. The van der Waals surface area contributed by atoms with Gasteiger partial charge in [0.2, 0.25) is 0 Å². The van der Waals surface area contributed by atoms with E-state index in [1.54, 1.807) is 4.90 Å². The number of esters is 2. The fourth-order valence-electron chi connectivity index (χ4n) is 6.63. The molecule has 0 aliphatic heterocycles. The number of rotatable bonds is 39. The van der Waals surface area contributed by atoms with Crippen LogP contribution < -0.4 is 0 Å². The van der Waals surface area contributed by atoms with E-state index in [4.69, 9.17) is 14.2 Å². The molecule has 0 atom stereocenters. The van der Waals surface area contributed by atoms with E-state index in [-0.39, 0.29) is 25.2 Å². The van der Waals surface area contributed by atoms with Crippen LogP contribution in [0.3, 0.4) is 0 Å². The van der Waals surface area contributed by atoms with Gasteiger partial charge in [-0.05, 0) is 72.1 Å². The smallest absolute Gasteiger partial charge is 0.410 e. The zero-order valence-corrected chi connectivity index (χ0v) is 36.5. The van der Waals surface area contributed by atoms with Crippen LogP contribution in [0.5, 0.6) is 0 Å². The van der Waals surface area contributed by atoms with Gasteiger partial charge in [0, 0.05) is 25.9 Å². The third-order valence-electron chi connectivity index (χ3n) is 9.95. The van der Waals surface area contributed by atoms with Crippen LogP contribution in [0.2, 0.25) is 0 Å². The van der Waals surface area contributed by atoms with E-state index in [0.717, 1.165) is 38.5 Å². The van der Waals surface area contributed by atoms with Gasteiger partial charge in [0.15, 0.2) is 0 Å². The number of hydrogen-bond donors (Lipinski definition) is 0. The normalized spacial score (nSPS) is 11.6. The Balaban J connectivity index is 3.94. The molecule has 318 valence electrons. The van der Waals surface area contributed by atoms with Crippen molar-refractivity contribution in [3.05, 3.63) is 12.2 Å². The van der Waals surface area contributed by atoms with Gasteiger partial charge >= 0.3 is 18.0 Å². The van der Waals surface area contributed by atoms with E-state index in [9.17, 15) is 14.4 Å². The van der Waals surface area contributed by atoms with Gasteiger partial charge in [-0.1, -0.05) is 167 Å². The number of unbranched alkanes of at least 4 members (excludes halogenated alkanes) is 25. The third kappa shape index (κ3) is 39.6. The molecule has 0 aromatic rings. The molecular formula is C47H89NO6. The summed E-state index contributed by atoms with van der Waals surface area (Å²) >= 11 is 0. The predicted octanol–water partition coefficient (Wildman–Crippen LogP) is 14.4. The summed E-state index contributed by atoms with van der Waals surface area (Å²) in [6.07, 6.45) is 41.7. The lowest BCUT2D eigenvalue weighted by atomic mass is 10.0. The minimum Gasteiger partial charge on any atom is -0.466 e. The SMILES string of the molecule is CCCCCCCC/C=C\CCCCCCCC(=O)OCCCN(CCCOC(=O)CCCCCCCCCCCCCCCCC)C(=O)OC(C)(C)C. The second kappa shape index (κ2) is 39.2. The lowest BCUT2D eigenvalue weighted by Crippen LogP contribution is -2.38. The summed E-state index contributed by atoms with van der Waals surface area (Å²) in [5, 5.41) is 0. The van der Waals surface area contributed by atoms with E-state index in [1.165, 1.54) is 141 Å². The fourth-order valence-corrected chi connectivity index (χ4v) is 6.63. The summed E-state index contributed by atoms with van der Waals surface area (Å²) < 4.78 is 16.5. The summed E-state index contributed by atoms with van der Waals surface area (Å²) in [7, 11) is 0. The summed E-state index contributed by atoms with van der Waals surface area (Å²) in [5.74, 6) is -0.330. The first-order chi connectivity index (χ1) is 26.2. The molecule has 0 fully saturated rings. The van der Waals surface area contributed by atoms with Gasteiger partial charge in [-0.25, -0.2) is 4.79 Å². The van der Waals surface area contributed by atoms with Gasteiger partial charge in [-0.2, -0.15) is 0 Å². The fraction of sp³-hybridized carbons (Fsp3) is 0.894. The highest BCUT2D eigenvalue weighted by atomic mass is 16.6. The molecule has 0 rings (SSSR count). The Bertz CT molecular complexity index is 882. The first-order valence-corrected chi connectivity index (χ1v) is 23.1. The molecule has 0 heterocycles. The first-order valence-electron chi connectivity index (χ1n) is 23.1. The molecule has 7 heteroatoms. The highest BCUT2D eigenvalue weighted by Gasteiger charge is 2.22. The van der Waals surface area contributed by atoms with Crippen LogP contribution in [0.25, 0.3) is 0 Å². The van der Waals surface area contributed by atoms with Crippen LogP contribution >= 0.6 is 0 Å². The average Bonchev–Trinajstić information content (AvgIpc) is 3.13. The van der Waals surface area contributed by atoms with Crippen LogP contribution in [-0.4, -0.2) is 54.8 Å². The third-order valence-corrected chi connectivity index (χ3v) is 9.95. The Kier molecular flexibility index (Phi) is 37.7. The maximum Gasteiger partial charge on any atom is 0.410 e. The van der Waals surface area contributed by atoms with Gasteiger partial charge < -0.3 is 19.1 Å². The molecule has 54 heavy (non-hydrogen) atoms. The Hall–Kier alpha value is -2.05. The monoisotopic (exact) mass is 764 g/mol. The molecule has 0 spiro atoms. The topological polar surface area (TPSA) is 82.1 Å². The van der Waals surface area contributed by atoms with Crippen LogP contribution in [0.4, 0.5) is 4.79 Å². The van der Waals surface area contributed by atoms with Gasteiger partial charge in [-0.15, -0.1) is 0 Å². The summed E-state index contributed by atoms with van der Waals surface area (Å²) in [6.45, 7) is 11.5. The van der Waals surface area contributed by atoms with Crippen molar-refractivity contribution in [2.75, 3.05) is 26.3 Å². The van der Waals surface area contributed by atoms with Gasteiger partial charge in [0.1, 0.15) is 5.60 Å². The Morgan fingerprint density at radius 3 is 1.09 bits per heavy atom. The highest BCUT2D eigenvalue weighted by Crippen LogP contribution is 2.15. The van der Waals surface area contributed by atoms with Crippen LogP contribution in [0.1, 0.15) is 240 Å². The number of ether oxygens (including phenoxy) is 3. The molecule has 0 N–H and O–H groups in total. The van der Waals surface area contributed by atoms with Crippen LogP contribution in [0.15, 0.2) is 12.2 Å². The molecule has 0 aliphatic rings. The second-order valence-corrected chi connectivity index (χ2v) is 16.6. The molecule has 0 radical (unpaired) electrons. The van der Waals surface area contributed by atoms with Crippen molar-refractivity contribution in [2.45, 2.75) is 246 Å². The first kappa shape index (κ1) is 52.0. The van der Waals surface area contributed by atoms with E-state index in [2.05, 4.69) is 26.0 Å². The van der Waals surface area contributed by atoms with Crippen molar-refractivity contribution < 1.29 is 28.6 Å². The maximum absolute atomic E-state index is 12.8. The second-order valence-electron chi connectivity index (χ2n) is 16.6. The lowest BCUT2D eigenvalue weighted by Gasteiger charge is -2.27. The molecular weight excluding hydrogens is 675 g/mol. The Morgan fingerprint density at radius 1 is 0.444 bits per heavy atom. The quantitative estimate of drug-likeness (QED) is 0.0268. The molecule has 0 saturated heterocycles. The minimum absolute atomic E-state index is 0.160. The number of hydrogen-bond acceptors (Lipinski definition) is 6. The van der Waals surface area contributed by atoms with Crippen molar-refractivity contribution in [3.8, 4) is 0 Å². The zero-order valence-electron chi connectivity index (χ0n) is 36.5. The van der Waals surface area contributed by atoms with Gasteiger partial charge in [-0.3, -0.25) is 9.59 Å². The Morgan fingerprint density at radius 2 is 0.759 bits per heavy atom. The van der Waals surface area contributed by atoms with Gasteiger partial charge in [0.05, 0.1) is 13.2 Å². The van der Waals surface area contributed by atoms with E-state index in [1.807, 2.05) is 20.8 Å². The molecule has 1 amide bonds.